The Hall–Kier alpha value is -1.30. The molecule has 0 aromatic rings. The van der Waals surface area contributed by atoms with Crippen molar-refractivity contribution in [1.29, 1.82) is 0 Å². The summed E-state index contributed by atoms with van der Waals surface area (Å²) >= 11 is 0. The molecule has 0 aromatic carbocycles. The van der Waals surface area contributed by atoms with Crippen molar-refractivity contribution in [2.24, 2.45) is 5.92 Å². The third kappa shape index (κ3) is 5.77. The first-order valence-corrected chi connectivity index (χ1v) is 7.32. The average Bonchev–Trinajstić information content (AvgIpc) is 2.42. The summed E-state index contributed by atoms with van der Waals surface area (Å²) in [6.07, 6.45) is 3.59. The molecule has 1 aliphatic rings. The Labute approximate surface area is 120 Å². The first-order valence-electron chi connectivity index (χ1n) is 7.32. The summed E-state index contributed by atoms with van der Waals surface area (Å²) in [5.41, 5.74) is 0. The predicted molar refractivity (Wildman–Crippen MR) is 75.7 cm³/mol. The molecule has 0 aromatic heterocycles. The van der Waals surface area contributed by atoms with Crippen molar-refractivity contribution in [3.63, 3.8) is 0 Å². The number of carbonyl (C=O) groups is 2. The van der Waals surface area contributed by atoms with Gasteiger partial charge in [-0.05, 0) is 25.2 Å². The lowest BCUT2D eigenvalue weighted by atomic mass is 9.96. The quantitative estimate of drug-likeness (QED) is 0.698. The van der Waals surface area contributed by atoms with Crippen molar-refractivity contribution < 1.29 is 19.4 Å². The summed E-state index contributed by atoms with van der Waals surface area (Å²) in [5.74, 6) is -0.276. The Morgan fingerprint density at radius 3 is 2.75 bits per heavy atom. The zero-order chi connectivity index (χ0) is 15.0. The SMILES string of the molecule is COC1CN(C(=O)NCCCCCC(=O)O)CCC1C. The number of ether oxygens (including phenoxy) is 1. The molecule has 6 heteroatoms. The van der Waals surface area contributed by atoms with Crippen LogP contribution in [0.25, 0.3) is 0 Å². The maximum absolute atomic E-state index is 12.0. The number of amides is 2. The van der Waals surface area contributed by atoms with E-state index in [4.69, 9.17) is 9.84 Å². The van der Waals surface area contributed by atoms with Crippen LogP contribution >= 0.6 is 0 Å². The van der Waals surface area contributed by atoms with Crippen LogP contribution in [0.4, 0.5) is 4.79 Å². The summed E-state index contributed by atoms with van der Waals surface area (Å²) < 4.78 is 5.39. The van der Waals surface area contributed by atoms with Crippen molar-refractivity contribution in [3.05, 3.63) is 0 Å². The number of carbonyl (C=O) groups excluding carboxylic acids is 1. The minimum atomic E-state index is -0.762. The van der Waals surface area contributed by atoms with Crippen molar-refractivity contribution in [1.82, 2.24) is 10.2 Å². The summed E-state index contributed by atoms with van der Waals surface area (Å²) in [7, 11) is 1.69. The van der Waals surface area contributed by atoms with Gasteiger partial charge in [-0.15, -0.1) is 0 Å². The van der Waals surface area contributed by atoms with Gasteiger partial charge in [0.15, 0.2) is 0 Å². The third-order valence-corrected chi connectivity index (χ3v) is 3.82. The highest BCUT2D eigenvalue weighted by Gasteiger charge is 2.28. The van der Waals surface area contributed by atoms with E-state index in [0.29, 0.717) is 25.4 Å². The maximum atomic E-state index is 12.0. The number of carboxylic acid groups (broad SMARTS) is 1. The number of aliphatic carboxylic acids is 1. The molecule has 2 N–H and O–H groups in total. The number of hydrogen-bond donors (Lipinski definition) is 2. The predicted octanol–water partition coefficient (Wildman–Crippen LogP) is 1.70. The van der Waals surface area contributed by atoms with Gasteiger partial charge in [0, 0.05) is 33.2 Å². The first kappa shape index (κ1) is 16.8. The number of urea groups is 1. The van der Waals surface area contributed by atoms with Gasteiger partial charge in [0.1, 0.15) is 0 Å². The molecule has 0 radical (unpaired) electrons. The van der Waals surface area contributed by atoms with Gasteiger partial charge in [-0.2, -0.15) is 0 Å². The molecule has 2 atom stereocenters. The molecule has 0 spiro atoms. The van der Waals surface area contributed by atoms with Gasteiger partial charge in [-0.3, -0.25) is 4.79 Å². The van der Waals surface area contributed by atoms with E-state index in [0.717, 1.165) is 25.8 Å². The molecule has 0 bridgehead atoms. The molecule has 1 rings (SSSR count). The fourth-order valence-electron chi connectivity index (χ4n) is 2.41. The Morgan fingerprint density at radius 1 is 1.35 bits per heavy atom. The van der Waals surface area contributed by atoms with Gasteiger partial charge < -0.3 is 20.1 Å². The van der Waals surface area contributed by atoms with E-state index in [-0.39, 0.29) is 18.6 Å². The topological polar surface area (TPSA) is 78.9 Å². The molecule has 1 heterocycles. The summed E-state index contributed by atoms with van der Waals surface area (Å²) in [4.78, 5) is 24.1. The number of rotatable bonds is 7. The summed E-state index contributed by atoms with van der Waals surface area (Å²) in [6, 6.07) is -0.0443. The zero-order valence-corrected chi connectivity index (χ0v) is 12.4. The molecule has 1 aliphatic heterocycles. The number of carboxylic acids is 1. The molecule has 1 fully saturated rings. The van der Waals surface area contributed by atoms with Gasteiger partial charge in [0.05, 0.1) is 6.10 Å². The Bertz CT molecular complexity index is 322. The van der Waals surface area contributed by atoms with Gasteiger partial charge in [-0.25, -0.2) is 4.79 Å². The molecule has 0 aliphatic carbocycles. The second kappa shape index (κ2) is 8.79. The number of nitrogens with one attached hydrogen (secondary N) is 1. The molecular weight excluding hydrogens is 260 g/mol. The highest BCUT2D eigenvalue weighted by molar-refractivity contribution is 5.74. The number of unbranched alkanes of at least 4 members (excludes halogenated alkanes) is 2. The highest BCUT2D eigenvalue weighted by atomic mass is 16.5. The monoisotopic (exact) mass is 286 g/mol. The fourth-order valence-corrected chi connectivity index (χ4v) is 2.41. The van der Waals surface area contributed by atoms with Gasteiger partial charge in [0.2, 0.25) is 0 Å². The lowest BCUT2D eigenvalue weighted by Crippen LogP contribution is -2.50. The normalized spacial score (nSPS) is 22.6. The maximum Gasteiger partial charge on any atom is 0.317 e. The van der Waals surface area contributed by atoms with Gasteiger partial charge >= 0.3 is 12.0 Å². The minimum absolute atomic E-state index is 0.0443. The molecule has 20 heavy (non-hydrogen) atoms. The van der Waals surface area contributed by atoms with E-state index >= 15 is 0 Å². The standard InChI is InChI=1S/C14H26N2O4/c1-11-7-9-16(10-12(11)20-2)14(19)15-8-5-3-4-6-13(17)18/h11-12H,3-10H2,1-2H3,(H,15,19)(H,17,18). The summed E-state index contributed by atoms with van der Waals surface area (Å²) in [6.45, 7) is 4.16. The molecule has 6 nitrogen and oxygen atoms in total. The number of nitrogens with zero attached hydrogens (tertiary/aromatic N) is 1. The molecule has 1 saturated heterocycles. The van der Waals surface area contributed by atoms with Crippen LogP contribution < -0.4 is 5.32 Å². The molecule has 2 unspecified atom stereocenters. The second-order valence-corrected chi connectivity index (χ2v) is 5.42. The van der Waals surface area contributed by atoms with Crippen molar-refractivity contribution in [3.8, 4) is 0 Å². The minimum Gasteiger partial charge on any atom is -0.481 e. The number of hydrogen-bond acceptors (Lipinski definition) is 3. The Morgan fingerprint density at radius 2 is 2.10 bits per heavy atom. The van der Waals surface area contributed by atoms with E-state index in [1.165, 1.54) is 0 Å². The number of likely N-dealkylation sites (tertiary alicyclic amines) is 1. The van der Waals surface area contributed by atoms with Crippen LogP contribution in [0.5, 0.6) is 0 Å². The van der Waals surface area contributed by atoms with Crippen LogP contribution in [0.2, 0.25) is 0 Å². The van der Waals surface area contributed by atoms with E-state index in [1.807, 2.05) is 0 Å². The third-order valence-electron chi connectivity index (χ3n) is 3.82. The molecular formula is C14H26N2O4. The van der Waals surface area contributed by atoms with Crippen LogP contribution in [-0.4, -0.2) is 54.9 Å². The lowest BCUT2D eigenvalue weighted by Gasteiger charge is -2.36. The Balaban J connectivity index is 2.15. The van der Waals surface area contributed by atoms with Crippen molar-refractivity contribution in [2.75, 3.05) is 26.7 Å². The summed E-state index contributed by atoms with van der Waals surface area (Å²) in [5, 5.41) is 11.4. The van der Waals surface area contributed by atoms with Gasteiger partial charge in [-0.1, -0.05) is 13.3 Å². The zero-order valence-electron chi connectivity index (χ0n) is 12.4. The van der Waals surface area contributed by atoms with E-state index in [9.17, 15) is 9.59 Å². The second-order valence-electron chi connectivity index (χ2n) is 5.42. The molecule has 0 saturated carbocycles. The van der Waals surface area contributed by atoms with E-state index in [2.05, 4.69) is 12.2 Å². The van der Waals surface area contributed by atoms with Crippen LogP contribution in [0.15, 0.2) is 0 Å². The van der Waals surface area contributed by atoms with E-state index in [1.54, 1.807) is 12.0 Å². The smallest absolute Gasteiger partial charge is 0.317 e. The molecule has 116 valence electrons. The van der Waals surface area contributed by atoms with Crippen molar-refractivity contribution in [2.45, 2.75) is 45.1 Å². The van der Waals surface area contributed by atoms with Crippen LogP contribution in [-0.2, 0) is 9.53 Å². The number of piperidine rings is 1. The van der Waals surface area contributed by atoms with Crippen LogP contribution in [0.3, 0.4) is 0 Å². The van der Waals surface area contributed by atoms with Crippen LogP contribution in [0, 0.1) is 5.92 Å². The van der Waals surface area contributed by atoms with Crippen LogP contribution in [0.1, 0.15) is 39.0 Å². The number of methoxy groups -OCH3 is 1. The van der Waals surface area contributed by atoms with Crippen molar-refractivity contribution >= 4 is 12.0 Å². The first-order chi connectivity index (χ1) is 9.54. The average molecular weight is 286 g/mol. The van der Waals surface area contributed by atoms with E-state index < -0.39 is 5.97 Å². The fraction of sp³-hybridized carbons (Fsp3) is 0.857. The lowest BCUT2D eigenvalue weighted by molar-refractivity contribution is -0.137. The molecule has 2 amide bonds. The Kier molecular flexibility index (Phi) is 7.36. The highest BCUT2D eigenvalue weighted by Crippen LogP contribution is 2.19. The largest absolute Gasteiger partial charge is 0.481 e. The van der Waals surface area contributed by atoms with Gasteiger partial charge in [0.25, 0.3) is 0 Å².